The molecule has 0 aromatic heterocycles. The first-order valence-corrected chi connectivity index (χ1v) is 5.94. The zero-order valence-corrected chi connectivity index (χ0v) is 9.24. The molecular formula is C11H18N2O3. The van der Waals surface area contributed by atoms with Crippen LogP contribution in [0.4, 0.5) is 4.79 Å². The minimum Gasteiger partial charge on any atom is -0.481 e. The van der Waals surface area contributed by atoms with Crippen LogP contribution in [-0.2, 0) is 4.79 Å². The van der Waals surface area contributed by atoms with Gasteiger partial charge in [-0.25, -0.2) is 4.79 Å². The molecule has 3 atom stereocenters. The highest BCUT2D eigenvalue weighted by atomic mass is 16.4. The smallest absolute Gasteiger partial charge is 0.315 e. The third kappa shape index (κ3) is 2.65. The molecule has 3 N–H and O–H groups in total. The minimum atomic E-state index is -0.718. The van der Waals surface area contributed by atoms with Gasteiger partial charge in [0.2, 0.25) is 0 Å². The van der Waals surface area contributed by atoms with Crippen molar-refractivity contribution < 1.29 is 14.7 Å². The molecule has 1 aliphatic heterocycles. The van der Waals surface area contributed by atoms with Crippen LogP contribution in [0.15, 0.2) is 0 Å². The Labute approximate surface area is 94.6 Å². The van der Waals surface area contributed by atoms with E-state index >= 15 is 0 Å². The molecule has 0 aromatic carbocycles. The highest BCUT2D eigenvalue weighted by molar-refractivity contribution is 5.77. The number of carboxylic acids is 1. The number of amides is 2. The Morgan fingerprint density at radius 2 is 2.06 bits per heavy atom. The van der Waals surface area contributed by atoms with Gasteiger partial charge in [-0.15, -0.1) is 0 Å². The fourth-order valence-electron chi connectivity index (χ4n) is 2.77. The van der Waals surface area contributed by atoms with Crippen molar-refractivity contribution in [1.29, 1.82) is 0 Å². The second-order valence-electron chi connectivity index (χ2n) is 4.80. The van der Waals surface area contributed by atoms with E-state index in [1.165, 1.54) is 0 Å². The summed E-state index contributed by atoms with van der Waals surface area (Å²) >= 11 is 0. The van der Waals surface area contributed by atoms with Crippen LogP contribution in [0.5, 0.6) is 0 Å². The average Bonchev–Trinajstić information content (AvgIpc) is 2.56. The first-order valence-electron chi connectivity index (χ1n) is 5.94. The van der Waals surface area contributed by atoms with Gasteiger partial charge in [-0.3, -0.25) is 4.79 Å². The van der Waals surface area contributed by atoms with E-state index in [2.05, 4.69) is 10.6 Å². The van der Waals surface area contributed by atoms with E-state index in [4.69, 9.17) is 5.11 Å². The lowest BCUT2D eigenvalue weighted by Gasteiger charge is -2.30. The first-order chi connectivity index (χ1) is 7.65. The summed E-state index contributed by atoms with van der Waals surface area (Å²) in [6.07, 6.45) is 5.08. The maximum Gasteiger partial charge on any atom is 0.315 e. The molecule has 2 amide bonds. The molecule has 1 saturated heterocycles. The highest BCUT2D eigenvalue weighted by Gasteiger charge is 2.36. The number of aliphatic carboxylic acids is 1. The molecule has 0 unspecified atom stereocenters. The van der Waals surface area contributed by atoms with Crippen LogP contribution in [0, 0.1) is 5.92 Å². The molecule has 1 heterocycles. The van der Waals surface area contributed by atoms with Gasteiger partial charge in [0.25, 0.3) is 0 Å². The minimum absolute atomic E-state index is 0.0545. The summed E-state index contributed by atoms with van der Waals surface area (Å²) < 4.78 is 0. The number of urea groups is 1. The Bertz CT molecular complexity index is 293. The largest absolute Gasteiger partial charge is 0.481 e. The summed E-state index contributed by atoms with van der Waals surface area (Å²) in [5.74, 6) is -0.148. The Morgan fingerprint density at radius 3 is 2.81 bits per heavy atom. The molecule has 5 heteroatoms. The van der Waals surface area contributed by atoms with Gasteiger partial charge in [0.1, 0.15) is 0 Å². The Hall–Kier alpha value is -1.26. The first kappa shape index (κ1) is 11.2. The quantitative estimate of drug-likeness (QED) is 0.671. The van der Waals surface area contributed by atoms with E-state index in [1.54, 1.807) is 0 Å². The van der Waals surface area contributed by atoms with Crippen molar-refractivity contribution in [2.75, 3.05) is 0 Å². The van der Waals surface area contributed by atoms with Crippen LogP contribution in [0.2, 0.25) is 0 Å². The van der Waals surface area contributed by atoms with Gasteiger partial charge in [0.05, 0.1) is 12.1 Å². The van der Waals surface area contributed by atoms with Crippen LogP contribution in [0.25, 0.3) is 0 Å². The molecule has 0 radical (unpaired) electrons. The Kier molecular flexibility index (Phi) is 3.31. The summed E-state index contributed by atoms with van der Waals surface area (Å²) in [6.45, 7) is 0. The van der Waals surface area contributed by atoms with Gasteiger partial charge in [0.15, 0.2) is 0 Å². The molecule has 1 aliphatic carbocycles. The normalized spacial score (nSPS) is 32.8. The summed E-state index contributed by atoms with van der Waals surface area (Å²) in [6, 6.07) is 0.500. The van der Waals surface area contributed by atoms with E-state index in [9.17, 15) is 9.59 Å². The molecule has 0 aromatic rings. The average molecular weight is 226 g/mol. The zero-order valence-electron chi connectivity index (χ0n) is 9.24. The number of hydrogen-bond acceptors (Lipinski definition) is 2. The second kappa shape index (κ2) is 4.72. The van der Waals surface area contributed by atoms with Crippen molar-refractivity contribution >= 4 is 12.0 Å². The fraction of sp³-hybridized carbons (Fsp3) is 0.818. The summed E-state index contributed by atoms with van der Waals surface area (Å²) in [7, 11) is 0. The highest BCUT2D eigenvalue weighted by Crippen LogP contribution is 2.30. The molecule has 5 nitrogen and oxygen atoms in total. The summed E-state index contributed by atoms with van der Waals surface area (Å²) in [4.78, 5) is 21.5. The third-order valence-electron chi connectivity index (χ3n) is 3.59. The van der Waals surface area contributed by atoms with E-state index < -0.39 is 5.97 Å². The van der Waals surface area contributed by atoms with Gasteiger partial charge in [-0.1, -0.05) is 0 Å². The molecule has 2 fully saturated rings. The van der Waals surface area contributed by atoms with Crippen molar-refractivity contribution in [3.63, 3.8) is 0 Å². The molecule has 90 valence electrons. The van der Waals surface area contributed by atoms with Crippen LogP contribution in [0.3, 0.4) is 0 Å². The zero-order chi connectivity index (χ0) is 11.5. The number of carbonyl (C=O) groups excluding carboxylic acids is 1. The maximum atomic E-state index is 11.1. The third-order valence-corrected chi connectivity index (χ3v) is 3.59. The van der Waals surface area contributed by atoms with Crippen molar-refractivity contribution in [2.45, 2.75) is 50.6 Å². The van der Waals surface area contributed by atoms with E-state index in [0.29, 0.717) is 12.0 Å². The van der Waals surface area contributed by atoms with Gasteiger partial charge in [-0.05, 0) is 38.0 Å². The van der Waals surface area contributed by atoms with Crippen LogP contribution in [0.1, 0.15) is 38.5 Å². The number of carboxylic acid groups (broad SMARTS) is 1. The van der Waals surface area contributed by atoms with E-state index in [0.717, 1.165) is 32.1 Å². The van der Waals surface area contributed by atoms with Gasteiger partial charge >= 0.3 is 12.0 Å². The number of hydrogen-bond donors (Lipinski definition) is 3. The van der Waals surface area contributed by atoms with E-state index in [1.807, 2.05) is 0 Å². The van der Waals surface area contributed by atoms with Gasteiger partial charge < -0.3 is 15.7 Å². The predicted molar refractivity (Wildman–Crippen MR) is 58.1 cm³/mol. The molecule has 2 rings (SSSR count). The predicted octanol–water partition coefficient (Wildman–Crippen LogP) is 1.09. The Balaban J connectivity index is 1.73. The molecule has 1 saturated carbocycles. The monoisotopic (exact) mass is 226 g/mol. The fourth-order valence-corrected chi connectivity index (χ4v) is 2.77. The number of carbonyl (C=O) groups is 2. The molecule has 0 bridgehead atoms. The number of rotatable bonds is 4. The van der Waals surface area contributed by atoms with Crippen molar-refractivity contribution in [1.82, 2.24) is 10.6 Å². The molecule has 0 spiro atoms. The topological polar surface area (TPSA) is 78.4 Å². The van der Waals surface area contributed by atoms with Crippen LogP contribution in [-0.4, -0.2) is 29.2 Å². The van der Waals surface area contributed by atoms with Crippen LogP contribution >= 0.6 is 0 Å². The maximum absolute atomic E-state index is 11.1. The Morgan fingerprint density at radius 1 is 1.31 bits per heavy atom. The van der Waals surface area contributed by atoms with Gasteiger partial charge in [-0.2, -0.15) is 0 Å². The lowest BCUT2D eigenvalue weighted by atomic mass is 9.81. The summed E-state index contributed by atoms with van der Waals surface area (Å²) in [5, 5.41) is 14.4. The summed E-state index contributed by atoms with van der Waals surface area (Å²) in [5.41, 5.74) is 0. The second-order valence-corrected chi connectivity index (χ2v) is 4.80. The van der Waals surface area contributed by atoms with Crippen molar-refractivity contribution in [3.05, 3.63) is 0 Å². The molecular weight excluding hydrogens is 208 g/mol. The lowest BCUT2D eigenvalue weighted by Crippen LogP contribution is -2.39. The number of nitrogens with one attached hydrogen (secondary N) is 2. The van der Waals surface area contributed by atoms with E-state index in [-0.39, 0.29) is 18.5 Å². The molecule has 2 aliphatic rings. The van der Waals surface area contributed by atoms with Crippen LogP contribution < -0.4 is 10.6 Å². The SMILES string of the molecule is O=C(O)CCC[C@@H]1CC[C@H]2NC(=O)N[C@@H]2C1. The van der Waals surface area contributed by atoms with Crippen molar-refractivity contribution in [3.8, 4) is 0 Å². The standard InChI is InChI=1S/C11H18N2O3/c14-10(15)3-1-2-7-4-5-8-9(6-7)13-11(16)12-8/h7-9H,1-6H2,(H,14,15)(H2,12,13,16)/t7-,8-,9-/m1/s1. The van der Waals surface area contributed by atoms with Gasteiger partial charge in [0, 0.05) is 6.42 Å². The lowest BCUT2D eigenvalue weighted by molar-refractivity contribution is -0.137. The molecule has 16 heavy (non-hydrogen) atoms. The number of fused-ring (bicyclic) bond motifs is 1. The van der Waals surface area contributed by atoms with Crippen molar-refractivity contribution in [2.24, 2.45) is 5.92 Å².